The third-order valence-corrected chi connectivity index (χ3v) is 5.35. The number of carbonyl (C=O) groups excluding carboxylic acids is 2. The van der Waals surface area contributed by atoms with Crippen molar-refractivity contribution in [2.75, 3.05) is 13.1 Å². The molecule has 0 aromatic carbocycles. The van der Waals surface area contributed by atoms with Crippen LogP contribution in [-0.4, -0.2) is 37.0 Å². The van der Waals surface area contributed by atoms with Crippen molar-refractivity contribution in [1.82, 2.24) is 10.6 Å². The maximum Gasteiger partial charge on any atom is 0.229 e. The van der Waals surface area contributed by atoms with Crippen LogP contribution in [0.25, 0.3) is 20.9 Å². The van der Waals surface area contributed by atoms with Crippen molar-refractivity contribution in [2.45, 2.75) is 104 Å². The molecule has 0 rings (SSSR count). The number of azide groups is 2. The van der Waals surface area contributed by atoms with Crippen LogP contribution in [0.3, 0.4) is 0 Å². The first-order chi connectivity index (χ1) is 15.3. The van der Waals surface area contributed by atoms with Gasteiger partial charge < -0.3 is 10.6 Å². The summed E-state index contributed by atoms with van der Waals surface area (Å²) in [5.74, 6) is -0.391. The Labute approximate surface area is 192 Å². The Morgan fingerprint density at radius 1 is 0.625 bits per heavy atom. The van der Waals surface area contributed by atoms with E-state index >= 15 is 0 Å². The van der Waals surface area contributed by atoms with Crippen LogP contribution in [0.15, 0.2) is 10.2 Å². The molecule has 0 aromatic rings. The summed E-state index contributed by atoms with van der Waals surface area (Å²) in [5.41, 5.74) is 17.1. The van der Waals surface area contributed by atoms with E-state index in [4.69, 9.17) is 11.1 Å². The van der Waals surface area contributed by atoms with Crippen molar-refractivity contribution < 1.29 is 9.59 Å². The zero-order valence-corrected chi connectivity index (χ0v) is 20.3. The van der Waals surface area contributed by atoms with Crippen LogP contribution >= 0.6 is 0 Å². The molecule has 0 heterocycles. The van der Waals surface area contributed by atoms with Crippen molar-refractivity contribution >= 4 is 11.8 Å². The predicted molar refractivity (Wildman–Crippen MR) is 128 cm³/mol. The SMILES string of the molecule is CC(C)[C@@H](N=[N+]=[N-])C(=O)NCCCCCCCCCCCCNC(=O)[C@H](N=[N+]=[N-])C(C)C. The summed E-state index contributed by atoms with van der Waals surface area (Å²) < 4.78 is 0. The summed E-state index contributed by atoms with van der Waals surface area (Å²) in [6.45, 7) is 8.72. The van der Waals surface area contributed by atoms with E-state index in [2.05, 4.69) is 30.7 Å². The monoisotopic (exact) mass is 450 g/mol. The third kappa shape index (κ3) is 14.5. The van der Waals surface area contributed by atoms with Gasteiger partial charge in [-0.25, -0.2) is 0 Å². The normalized spacial score (nSPS) is 12.6. The molecule has 0 saturated heterocycles. The van der Waals surface area contributed by atoms with E-state index in [1.54, 1.807) is 0 Å². The van der Waals surface area contributed by atoms with Crippen LogP contribution in [0.1, 0.15) is 91.9 Å². The number of nitrogens with one attached hydrogen (secondary N) is 2. The second kappa shape index (κ2) is 19.3. The standard InChI is InChI=1S/C22H42N8O2/c1-17(2)19(27-29-23)21(31)25-15-13-11-9-7-5-6-8-10-12-14-16-26-22(32)20(18(3)4)28-30-24/h17-20H,5-16H2,1-4H3,(H,25,31)(H,26,32)/t19-,20-/m1/s1. The molecule has 10 heteroatoms. The Bertz CT molecular complexity index is 571. The van der Waals surface area contributed by atoms with E-state index in [1.807, 2.05) is 27.7 Å². The highest BCUT2D eigenvalue weighted by Crippen LogP contribution is 2.11. The van der Waals surface area contributed by atoms with Gasteiger partial charge in [-0.1, -0.05) is 89.3 Å². The molecule has 0 unspecified atom stereocenters. The minimum absolute atomic E-state index is 0.00830. The van der Waals surface area contributed by atoms with Gasteiger partial charge in [-0.2, -0.15) is 0 Å². The lowest BCUT2D eigenvalue weighted by atomic mass is 10.0. The maximum atomic E-state index is 12.0. The van der Waals surface area contributed by atoms with E-state index in [9.17, 15) is 9.59 Å². The first kappa shape index (κ1) is 29.6. The van der Waals surface area contributed by atoms with Gasteiger partial charge >= 0.3 is 0 Å². The fourth-order valence-electron chi connectivity index (χ4n) is 3.38. The van der Waals surface area contributed by atoms with Gasteiger partial charge in [0.05, 0.1) is 0 Å². The molecule has 2 atom stereocenters. The van der Waals surface area contributed by atoms with Crippen LogP contribution in [0.2, 0.25) is 0 Å². The predicted octanol–water partition coefficient (Wildman–Crippen LogP) is 5.79. The highest BCUT2D eigenvalue weighted by atomic mass is 16.2. The molecular weight excluding hydrogens is 408 g/mol. The van der Waals surface area contributed by atoms with E-state index < -0.39 is 12.1 Å². The van der Waals surface area contributed by atoms with Crippen molar-refractivity contribution in [3.63, 3.8) is 0 Å². The van der Waals surface area contributed by atoms with E-state index in [1.165, 1.54) is 25.7 Å². The van der Waals surface area contributed by atoms with E-state index in [0.717, 1.165) is 38.5 Å². The van der Waals surface area contributed by atoms with Crippen molar-refractivity contribution in [1.29, 1.82) is 0 Å². The molecule has 0 radical (unpaired) electrons. The summed E-state index contributed by atoms with van der Waals surface area (Å²) in [5, 5.41) is 12.8. The summed E-state index contributed by atoms with van der Waals surface area (Å²) in [4.78, 5) is 29.5. The molecule has 10 nitrogen and oxygen atoms in total. The first-order valence-corrected chi connectivity index (χ1v) is 12.0. The van der Waals surface area contributed by atoms with Crippen LogP contribution < -0.4 is 10.6 Å². The molecule has 2 N–H and O–H groups in total. The highest BCUT2D eigenvalue weighted by Gasteiger charge is 2.20. The molecule has 0 saturated carbocycles. The second-order valence-electron chi connectivity index (χ2n) is 8.91. The van der Waals surface area contributed by atoms with Gasteiger partial charge in [-0.15, -0.1) is 0 Å². The molecule has 0 aliphatic heterocycles. The second-order valence-corrected chi connectivity index (χ2v) is 8.91. The minimum Gasteiger partial charge on any atom is -0.356 e. The summed E-state index contributed by atoms with van der Waals surface area (Å²) in [6, 6.07) is -1.27. The van der Waals surface area contributed by atoms with Crippen LogP contribution in [0.5, 0.6) is 0 Å². The Morgan fingerprint density at radius 3 is 1.16 bits per heavy atom. The molecule has 2 amide bonds. The molecule has 0 aromatic heterocycles. The largest absolute Gasteiger partial charge is 0.356 e. The molecular formula is C22H42N8O2. The summed E-state index contributed by atoms with van der Waals surface area (Å²) in [7, 11) is 0. The highest BCUT2D eigenvalue weighted by molar-refractivity contribution is 5.82. The summed E-state index contributed by atoms with van der Waals surface area (Å²) in [6.07, 6.45) is 11.2. The molecule has 182 valence electrons. The molecule has 0 aliphatic rings. The number of hydrogen-bond acceptors (Lipinski definition) is 4. The van der Waals surface area contributed by atoms with Gasteiger partial charge in [0.25, 0.3) is 0 Å². The van der Waals surface area contributed by atoms with Crippen molar-refractivity contribution in [2.24, 2.45) is 22.1 Å². The Hall–Kier alpha value is -2.44. The third-order valence-electron chi connectivity index (χ3n) is 5.35. The number of amides is 2. The molecule has 0 bridgehead atoms. The lowest BCUT2D eigenvalue weighted by Crippen LogP contribution is -2.36. The average molecular weight is 451 g/mol. The van der Waals surface area contributed by atoms with Crippen molar-refractivity contribution in [3.8, 4) is 0 Å². The number of rotatable bonds is 19. The van der Waals surface area contributed by atoms with Crippen LogP contribution in [-0.2, 0) is 9.59 Å². The fourth-order valence-corrected chi connectivity index (χ4v) is 3.38. The van der Waals surface area contributed by atoms with Gasteiger partial charge in [-0.3, -0.25) is 9.59 Å². The maximum absolute atomic E-state index is 12.0. The lowest BCUT2D eigenvalue weighted by molar-refractivity contribution is -0.124. The Morgan fingerprint density at radius 2 is 0.906 bits per heavy atom. The molecule has 0 spiro atoms. The average Bonchev–Trinajstić information content (AvgIpc) is 2.75. The van der Waals surface area contributed by atoms with Crippen LogP contribution in [0.4, 0.5) is 0 Å². The number of nitrogens with zero attached hydrogens (tertiary/aromatic N) is 6. The van der Waals surface area contributed by atoms with Gasteiger partial charge in [0.15, 0.2) is 0 Å². The van der Waals surface area contributed by atoms with Gasteiger partial charge in [-0.05, 0) is 35.7 Å². The number of unbranched alkanes of at least 4 members (excludes halogenated alkanes) is 9. The van der Waals surface area contributed by atoms with Gasteiger partial charge in [0.1, 0.15) is 12.1 Å². The Kier molecular flexibility index (Phi) is 17.8. The zero-order valence-electron chi connectivity index (χ0n) is 20.3. The van der Waals surface area contributed by atoms with E-state index in [-0.39, 0.29) is 23.7 Å². The molecule has 0 aliphatic carbocycles. The first-order valence-electron chi connectivity index (χ1n) is 12.0. The quantitative estimate of drug-likeness (QED) is 0.111. The topological polar surface area (TPSA) is 156 Å². The van der Waals surface area contributed by atoms with Gasteiger partial charge in [0.2, 0.25) is 11.8 Å². The fraction of sp³-hybridized carbons (Fsp3) is 0.909. The zero-order chi connectivity index (χ0) is 24.2. The minimum atomic E-state index is -0.633. The molecule has 32 heavy (non-hydrogen) atoms. The smallest absolute Gasteiger partial charge is 0.229 e. The van der Waals surface area contributed by atoms with Gasteiger partial charge in [0, 0.05) is 22.9 Å². The summed E-state index contributed by atoms with van der Waals surface area (Å²) >= 11 is 0. The number of hydrogen-bond donors (Lipinski definition) is 2. The lowest BCUT2D eigenvalue weighted by Gasteiger charge is -2.14. The Balaban J connectivity index is 3.57. The van der Waals surface area contributed by atoms with Crippen molar-refractivity contribution in [3.05, 3.63) is 20.9 Å². The van der Waals surface area contributed by atoms with Crippen LogP contribution in [0, 0.1) is 11.8 Å². The van der Waals surface area contributed by atoms with E-state index in [0.29, 0.717) is 13.1 Å². The number of carbonyl (C=O) groups is 2. The molecule has 0 fully saturated rings.